The van der Waals surface area contributed by atoms with Crippen molar-refractivity contribution in [3.05, 3.63) is 47.5 Å². The van der Waals surface area contributed by atoms with E-state index in [2.05, 4.69) is 55.8 Å². The van der Waals surface area contributed by atoms with Crippen LogP contribution in [0.3, 0.4) is 0 Å². The number of likely N-dealkylation sites (N-methyl/N-ethyl adjacent to an activating group) is 1. The Morgan fingerprint density at radius 1 is 1.18 bits per heavy atom. The Bertz CT molecular complexity index is 976. The van der Waals surface area contributed by atoms with E-state index < -0.39 is 0 Å². The second-order valence-electron chi connectivity index (χ2n) is 7.63. The predicted molar refractivity (Wildman–Crippen MR) is 114 cm³/mol. The van der Waals surface area contributed by atoms with Gasteiger partial charge in [0.2, 0.25) is 6.79 Å². The number of anilines is 1. The highest BCUT2D eigenvalue weighted by atomic mass is 16.7. The van der Waals surface area contributed by atoms with Gasteiger partial charge < -0.3 is 19.1 Å². The molecule has 2 aliphatic rings. The molecule has 0 saturated carbocycles. The molecule has 0 radical (unpaired) electrons. The molecule has 2 aliphatic heterocycles. The van der Waals surface area contributed by atoms with Crippen molar-refractivity contribution >= 4 is 23.2 Å². The molecule has 0 fully saturated rings. The third kappa shape index (κ3) is 3.11. The van der Waals surface area contributed by atoms with Crippen molar-refractivity contribution in [1.29, 1.82) is 0 Å². The van der Waals surface area contributed by atoms with Crippen LogP contribution in [-0.2, 0) is 0 Å². The summed E-state index contributed by atoms with van der Waals surface area (Å²) in [5, 5.41) is 0. The van der Waals surface area contributed by atoms with Crippen molar-refractivity contribution < 1.29 is 14.2 Å². The Morgan fingerprint density at radius 2 is 1.96 bits per heavy atom. The first-order valence-electron chi connectivity index (χ1n) is 9.56. The van der Waals surface area contributed by atoms with Crippen LogP contribution in [0.25, 0.3) is 5.57 Å². The normalized spacial score (nSPS) is 16.9. The summed E-state index contributed by atoms with van der Waals surface area (Å²) in [6, 6.07) is 9.97. The fourth-order valence-corrected chi connectivity index (χ4v) is 4.09. The Hall–Kier alpha value is -2.95. The zero-order valence-electron chi connectivity index (χ0n) is 17.1. The SMILES string of the molecule is CCN1c2cc(OC)c(C=Nc3ccc4c(c3)OCO4)cc2C(C)=CC1(C)C. The summed E-state index contributed by atoms with van der Waals surface area (Å²) in [7, 11) is 1.70. The zero-order chi connectivity index (χ0) is 19.9. The van der Waals surface area contributed by atoms with Gasteiger partial charge in [-0.2, -0.15) is 0 Å². The topological polar surface area (TPSA) is 43.3 Å². The summed E-state index contributed by atoms with van der Waals surface area (Å²) >= 11 is 0. The van der Waals surface area contributed by atoms with Gasteiger partial charge in [-0.3, -0.25) is 4.99 Å². The third-order valence-corrected chi connectivity index (χ3v) is 5.35. The van der Waals surface area contributed by atoms with Gasteiger partial charge in [-0.25, -0.2) is 0 Å². The number of allylic oxidation sites excluding steroid dienone is 1. The molecule has 146 valence electrons. The maximum Gasteiger partial charge on any atom is 0.231 e. The lowest BCUT2D eigenvalue weighted by Crippen LogP contribution is -2.44. The lowest BCUT2D eigenvalue weighted by Gasteiger charge is -2.43. The molecule has 28 heavy (non-hydrogen) atoms. The van der Waals surface area contributed by atoms with Gasteiger partial charge in [-0.05, 0) is 51.5 Å². The van der Waals surface area contributed by atoms with Crippen LogP contribution in [0.4, 0.5) is 11.4 Å². The molecule has 0 N–H and O–H groups in total. The number of ether oxygens (including phenoxy) is 3. The molecule has 5 heteroatoms. The van der Waals surface area contributed by atoms with Gasteiger partial charge in [0.15, 0.2) is 11.5 Å². The summed E-state index contributed by atoms with van der Waals surface area (Å²) in [6.07, 6.45) is 4.17. The van der Waals surface area contributed by atoms with Gasteiger partial charge in [0.25, 0.3) is 0 Å². The Labute approximate surface area is 166 Å². The lowest BCUT2D eigenvalue weighted by molar-refractivity contribution is 0.174. The van der Waals surface area contributed by atoms with E-state index in [0.717, 1.165) is 35.0 Å². The van der Waals surface area contributed by atoms with E-state index in [-0.39, 0.29) is 12.3 Å². The average molecular weight is 378 g/mol. The first-order valence-corrected chi connectivity index (χ1v) is 9.56. The molecule has 4 rings (SSSR count). The smallest absolute Gasteiger partial charge is 0.231 e. The van der Waals surface area contributed by atoms with Crippen molar-refractivity contribution in [2.24, 2.45) is 4.99 Å². The number of benzene rings is 2. The van der Waals surface area contributed by atoms with E-state index in [1.807, 2.05) is 24.4 Å². The molecular weight excluding hydrogens is 352 g/mol. The highest BCUT2D eigenvalue weighted by Crippen LogP contribution is 2.42. The molecule has 0 saturated heterocycles. The van der Waals surface area contributed by atoms with Gasteiger partial charge in [0, 0.05) is 41.7 Å². The van der Waals surface area contributed by atoms with Gasteiger partial charge in [0.1, 0.15) is 5.75 Å². The first-order chi connectivity index (χ1) is 13.4. The number of fused-ring (bicyclic) bond motifs is 2. The van der Waals surface area contributed by atoms with Gasteiger partial charge in [-0.15, -0.1) is 0 Å². The number of rotatable bonds is 4. The maximum absolute atomic E-state index is 5.69. The van der Waals surface area contributed by atoms with Crippen molar-refractivity contribution in [2.75, 3.05) is 25.3 Å². The van der Waals surface area contributed by atoms with E-state index in [0.29, 0.717) is 0 Å². The van der Waals surface area contributed by atoms with Gasteiger partial charge in [0.05, 0.1) is 18.3 Å². The molecule has 0 atom stereocenters. The minimum absolute atomic E-state index is 0.0288. The minimum Gasteiger partial charge on any atom is -0.496 e. The van der Waals surface area contributed by atoms with Crippen molar-refractivity contribution in [3.63, 3.8) is 0 Å². The standard InChI is InChI=1S/C23H26N2O3/c1-6-25-19-11-21(26-5)16(9-18(19)15(2)12-23(25,3)4)13-24-17-7-8-20-22(10-17)28-14-27-20/h7-13H,6,14H2,1-5H3. The molecule has 0 aromatic heterocycles. The van der Waals surface area contributed by atoms with Crippen molar-refractivity contribution in [3.8, 4) is 17.2 Å². The molecule has 0 bridgehead atoms. The van der Waals surface area contributed by atoms with Crippen LogP contribution in [0.2, 0.25) is 0 Å². The quantitative estimate of drug-likeness (QED) is 0.686. The second kappa shape index (κ2) is 6.89. The number of aliphatic imine (C=N–C) groups is 1. The molecule has 2 aromatic carbocycles. The van der Waals surface area contributed by atoms with E-state index in [9.17, 15) is 0 Å². The fraction of sp³-hybridized carbons (Fsp3) is 0.348. The molecule has 2 aromatic rings. The van der Waals surface area contributed by atoms with E-state index >= 15 is 0 Å². The second-order valence-corrected chi connectivity index (χ2v) is 7.63. The summed E-state index contributed by atoms with van der Waals surface area (Å²) in [5.41, 5.74) is 5.41. The number of hydrogen-bond acceptors (Lipinski definition) is 5. The molecule has 2 heterocycles. The van der Waals surface area contributed by atoms with Crippen LogP contribution in [0.15, 0.2) is 41.4 Å². The molecule has 0 aliphatic carbocycles. The number of nitrogens with zero attached hydrogens (tertiary/aromatic N) is 2. The highest BCUT2D eigenvalue weighted by molar-refractivity contribution is 5.92. The van der Waals surface area contributed by atoms with Crippen molar-refractivity contribution in [2.45, 2.75) is 33.2 Å². The number of methoxy groups -OCH3 is 1. The summed E-state index contributed by atoms with van der Waals surface area (Å²) in [6.45, 7) is 10.0. The monoisotopic (exact) mass is 378 g/mol. The number of hydrogen-bond donors (Lipinski definition) is 0. The van der Waals surface area contributed by atoms with E-state index in [1.165, 1.54) is 16.8 Å². The first kappa shape index (κ1) is 18.4. The van der Waals surface area contributed by atoms with Crippen LogP contribution in [0.5, 0.6) is 17.2 Å². The van der Waals surface area contributed by atoms with Crippen LogP contribution >= 0.6 is 0 Å². The molecule has 0 amide bonds. The Morgan fingerprint density at radius 3 is 2.71 bits per heavy atom. The van der Waals surface area contributed by atoms with E-state index in [4.69, 9.17) is 14.2 Å². The molecule has 0 unspecified atom stereocenters. The van der Waals surface area contributed by atoms with Crippen LogP contribution < -0.4 is 19.1 Å². The van der Waals surface area contributed by atoms with Crippen LogP contribution in [0, 0.1) is 0 Å². The maximum atomic E-state index is 5.69. The molecule has 5 nitrogen and oxygen atoms in total. The highest BCUT2D eigenvalue weighted by Gasteiger charge is 2.31. The largest absolute Gasteiger partial charge is 0.496 e. The zero-order valence-corrected chi connectivity index (χ0v) is 17.1. The average Bonchev–Trinajstić information content (AvgIpc) is 3.13. The Kier molecular flexibility index (Phi) is 4.53. The fourth-order valence-electron chi connectivity index (χ4n) is 4.09. The third-order valence-electron chi connectivity index (χ3n) is 5.35. The van der Waals surface area contributed by atoms with Gasteiger partial charge in [-0.1, -0.05) is 6.08 Å². The van der Waals surface area contributed by atoms with Crippen LogP contribution in [-0.4, -0.2) is 32.2 Å². The van der Waals surface area contributed by atoms with E-state index in [1.54, 1.807) is 7.11 Å². The summed E-state index contributed by atoms with van der Waals surface area (Å²) < 4.78 is 16.5. The predicted octanol–water partition coefficient (Wildman–Crippen LogP) is 5.20. The van der Waals surface area contributed by atoms with Crippen molar-refractivity contribution in [1.82, 2.24) is 0 Å². The summed E-state index contributed by atoms with van der Waals surface area (Å²) in [4.78, 5) is 7.03. The lowest BCUT2D eigenvalue weighted by atomic mass is 9.88. The molecular formula is C23H26N2O3. The van der Waals surface area contributed by atoms with Gasteiger partial charge >= 0.3 is 0 Å². The summed E-state index contributed by atoms with van der Waals surface area (Å²) in [5.74, 6) is 2.30. The Balaban J connectivity index is 1.73. The molecule has 0 spiro atoms. The minimum atomic E-state index is -0.0288. The van der Waals surface area contributed by atoms with Crippen LogP contribution in [0.1, 0.15) is 38.8 Å².